The van der Waals surface area contributed by atoms with Crippen molar-refractivity contribution >= 4 is 0 Å². The van der Waals surface area contributed by atoms with Gasteiger partial charge in [-0.25, -0.2) is 0 Å². The van der Waals surface area contributed by atoms with Crippen LogP contribution >= 0.6 is 0 Å². The van der Waals surface area contributed by atoms with E-state index in [0.717, 1.165) is 26.2 Å². The largest absolute Gasteiger partial charge is 0.379 e. The number of ether oxygens (including phenoxy) is 1. The van der Waals surface area contributed by atoms with Crippen LogP contribution in [0.4, 0.5) is 0 Å². The molecule has 3 nitrogen and oxygen atoms in total. The van der Waals surface area contributed by atoms with Crippen molar-refractivity contribution in [1.29, 1.82) is 0 Å². The molecule has 0 aromatic heterocycles. The van der Waals surface area contributed by atoms with Gasteiger partial charge in [-0.15, -0.1) is 0 Å². The van der Waals surface area contributed by atoms with Crippen LogP contribution in [-0.4, -0.2) is 44.8 Å². The number of aryl methyl sites for hydroxylation is 1. The van der Waals surface area contributed by atoms with Crippen LogP contribution in [0.5, 0.6) is 0 Å². The van der Waals surface area contributed by atoms with Crippen LogP contribution in [0.15, 0.2) is 24.3 Å². The van der Waals surface area contributed by atoms with Crippen LogP contribution in [0, 0.1) is 6.92 Å². The SMILES string of the molecule is Cc1cccc(C(CC2COCCN2)N(C)C)c1. The summed E-state index contributed by atoms with van der Waals surface area (Å²) < 4.78 is 5.54. The van der Waals surface area contributed by atoms with Crippen LogP contribution in [0.3, 0.4) is 0 Å². The van der Waals surface area contributed by atoms with Crippen molar-refractivity contribution in [2.75, 3.05) is 33.9 Å². The molecule has 2 rings (SSSR count). The van der Waals surface area contributed by atoms with Crippen LogP contribution in [0.1, 0.15) is 23.6 Å². The van der Waals surface area contributed by atoms with Crippen molar-refractivity contribution in [2.24, 2.45) is 0 Å². The van der Waals surface area contributed by atoms with Gasteiger partial charge in [0.05, 0.1) is 13.2 Å². The first-order valence-corrected chi connectivity index (χ1v) is 6.71. The van der Waals surface area contributed by atoms with Gasteiger partial charge >= 0.3 is 0 Å². The Balaban J connectivity index is 2.07. The molecule has 1 heterocycles. The van der Waals surface area contributed by atoms with Crippen molar-refractivity contribution in [3.8, 4) is 0 Å². The zero-order valence-corrected chi connectivity index (χ0v) is 11.6. The Hall–Kier alpha value is -0.900. The molecule has 1 N–H and O–H groups in total. The van der Waals surface area contributed by atoms with Gasteiger partial charge in [-0.1, -0.05) is 29.8 Å². The average Bonchev–Trinajstić information content (AvgIpc) is 2.37. The lowest BCUT2D eigenvalue weighted by Gasteiger charge is -2.31. The zero-order chi connectivity index (χ0) is 13.0. The lowest BCUT2D eigenvalue weighted by molar-refractivity contribution is 0.0648. The van der Waals surface area contributed by atoms with Gasteiger partial charge in [-0.05, 0) is 33.0 Å². The molecule has 1 fully saturated rings. The number of rotatable bonds is 4. The summed E-state index contributed by atoms with van der Waals surface area (Å²) in [6.45, 7) is 4.79. The van der Waals surface area contributed by atoms with E-state index in [2.05, 4.69) is 55.5 Å². The van der Waals surface area contributed by atoms with Crippen LogP contribution in [-0.2, 0) is 4.74 Å². The number of benzene rings is 1. The van der Waals surface area contributed by atoms with Gasteiger partial charge in [0.1, 0.15) is 0 Å². The third-order valence-electron chi connectivity index (χ3n) is 3.56. The lowest BCUT2D eigenvalue weighted by atomic mass is 9.97. The third kappa shape index (κ3) is 3.55. The number of nitrogens with zero attached hydrogens (tertiary/aromatic N) is 1. The molecule has 0 amide bonds. The van der Waals surface area contributed by atoms with Gasteiger partial charge in [-0.3, -0.25) is 0 Å². The van der Waals surface area contributed by atoms with E-state index in [1.54, 1.807) is 0 Å². The van der Waals surface area contributed by atoms with Crippen molar-refractivity contribution < 1.29 is 4.74 Å². The molecule has 1 aliphatic rings. The molecular weight excluding hydrogens is 224 g/mol. The minimum atomic E-state index is 0.448. The maximum atomic E-state index is 5.54. The Kier molecular flexibility index (Phi) is 4.75. The van der Waals surface area contributed by atoms with Crippen molar-refractivity contribution in [2.45, 2.75) is 25.4 Å². The summed E-state index contributed by atoms with van der Waals surface area (Å²) in [4.78, 5) is 2.30. The molecule has 1 aromatic carbocycles. The summed E-state index contributed by atoms with van der Waals surface area (Å²) in [5.74, 6) is 0. The Morgan fingerprint density at radius 2 is 2.28 bits per heavy atom. The predicted molar refractivity (Wildman–Crippen MR) is 74.8 cm³/mol. The van der Waals surface area contributed by atoms with E-state index in [1.807, 2.05) is 0 Å². The summed E-state index contributed by atoms with van der Waals surface area (Å²) in [7, 11) is 4.30. The normalized spacial score (nSPS) is 22.1. The van der Waals surface area contributed by atoms with E-state index in [9.17, 15) is 0 Å². The fourth-order valence-electron chi connectivity index (χ4n) is 2.56. The molecule has 2 atom stereocenters. The molecule has 18 heavy (non-hydrogen) atoms. The van der Waals surface area contributed by atoms with Gasteiger partial charge in [-0.2, -0.15) is 0 Å². The van der Waals surface area contributed by atoms with E-state index in [0.29, 0.717) is 12.1 Å². The molecule has 3 heteroatoms. The molecule has 0 radical (unpaired) electrons. The van der Waals surface area contributed by atoms with E-state index in [1.165, 1.54) is 11.1 Å². The first kappa shape index (κ1) is 13.5. The van der Waals surface area contributed by atoms with E-state index >= 15 is 0 Å². The standard InChI is InChI=1S/C15H24N2O/c1-12-5-4-6-13(9-12)15(17(2)3)10-14-11-18-8-7-16-14/h4-6,9,14-16H,7-8,10-11H2,1-3H3. The Bertz CT molecular complexity index is 373. The average molecular weight is 248 g/mol. The Labute approximate surface area is 110 Å². The Morgan fingerprint density at radius 3 is 2.89 bits per heavy atom. The maximum Gasteiger partial charge on any atom is 0.0620 e. The van der Waals surface area contributed by atoms with E-state index in [-0.39, 0.29) is 0 Å². The topological polar surface area (TPSA) is 24.5 Å². The monoisotopic (exact) mass is 248 g/mol. The molecular formula is C15H24N2O. The second-order valence-electron chi connectivity index (χ2n) is 5.36. The highest BCUT2D eigenvalue weighted by molar-refractivity contribution is 5.25. The van der Waals surface area contributed by atoms with Crippen molar-refractivity contribution in [3.05, 3.63) is 35.4 Å². The van der Waals surface area contributed by atoms with Crippen molar-refractivity contribution in [1.82, 2.24) is 10.2 Å². The molecule has 0 aliphatic carbocycles. The summed E-state index contributed by atoms with van der Waals surface area (Å²) in [5.41, 5.74) is 2.72. The van der Waals surface area contributed by atoms with Gasteiger partial charge in [0.15, 0.2) is 0 Å². The fraction of sp³-hybridized carbons (Fsp3) is 0.600. The maximum absolute atomic E-state index is 5.54. The first-order chi connectivity index (χ1) is 8.66. The molecule has 0 bridgehead atoms. The molecule has 1 saturated heterocycles. The molecule has 1 aliphatic heterocycles. The van der Waals surface area contributed by atoms with Gasteiger partial charge in [0, 0.05) is 18.6 Å². The minimum absolute atomic E-state index is 0.448. The van der Waals surface area contributed by atoms with Gasteiger partial charge in [0.2, 0.25) is 0 Å². The summed E-state index contributed by atoms with van der Waals surface area (Å²) >= 11 is 0. The van der Waals surface area contributed by atoms with Crippen LogP contribution in [0.2, 0.25) is 0 Å². The zero-order valence-electron chi connectivity index (χ0n) is 11.6. The molecule has 100 valence electrons. The van der Waals surface area contributed by atoms with Crippen LogP contribution < -0.4 is 5.32 Å². The molecule has 0 spiro atoms. The highest BCUT2D eigenvalue weighted by Crippen LogP contribution is 2.24. The van der Waals surface area contributed by atoms with Gasteiger partial charge in [0.25, 0.3) is 0 Å². The molecule has 0 saturated carbocycles. The smallest absolute Gasteiger partial charge is 0.0620 e. The molecule has 1 aromatic rings. The number of hydrogen-bond acceptors (Lipinski definition) is 3. The summed E-state index contributed by atoms with van der Waals surface area (Å²) in [5, 5.41) is 3.54. The number of hydrogen-bond donors (Lipinski definition) is 1. The fourth-order valence-corrected chi connectivity index (χ4v) is 2.56. The van der Waals surface area contributed by atoms with Gasteiger partial charge < -0.3 is 15.0 Å². The lowest BCUT2D eigenvalue weighted by Crippen LogP contribution is -2.43. The Morgan fingerprint density at radius 1 is 1.44 bits per heavy atom. The highest BCUT2D eigenvalue weighted by Gasteiger charge is 2.21. The van der Waals surface area contributed by atoms with E-state index < -0.39 is 0 Å². The molecule has 2 unspecified atom stereocenters. The summed E-state index contributed by atoms with van der Waals surface area (Å²) in [6.07, 6.45) is 1.09. The second-order valence-corrected chi connectivity index (χ2v) is 5.36. The highest BCUT2D eigenvalue weighted by atomic mass is 16.5. The summed E-state index contributed by atoms with van der Waals surface area (Å²) in [6, 6.07) is 9.72. The van der Waals surface area contributed by atoms with E-state index in [4.69, 9.17) is 4.74 Å². The van der Waals surface area contributed by atoms with Crippen molar-refractivity contribution in [3.63, 3.8) is 0 Å². The first-order valence-electron chi connectivity index (χ1n) is 6.71. The van der Waals surface area contributed by atoms with Crippen LogP contribution in [0.25, 0.3) is 0 Å². The predicted octanol–water partition coefficient (Wildman–Crippen LogP) is 1.98. The number of morpholine rings is 1. The minimum Gasteiger partial charge on any atom is -0.379 e. The quantitative estimate of drug-likeness (QED) is 0.882. The second kappa shape index (κ2) is 6.32. The third-order valence-corrected chi connectivity index (χ3v) is 3.56. The number of nitrogens with one attached hydrogen (secondary N) is 1.